The number of nitrogens with zero attached hydrogens (tertiary/aromatic N) is 2. The average Bonchev–Trinajstić information content (AvgIpc) is 2.87. The van der Waals surface area contributed by atoms with E-state index in [0.29, 0.717) is 15.7 Å². The fraction of sp³-hybridized carbons (Fsp3) is 0.280. The van der Waals surface area contributed by atoms with Gasteiger partial charge in [-0.15, -0.1) is 0 Å². The molecule has 0 bridgehead atoms. The number of fused-ring (bicyclic) bond motifs is 1. The van der Waals surface area contributed by atoms with E-state index in [1.54, 1.807) is 50.5 Å². The van der Waals surface area contributed by atoms with Crippen LogP contribution in [0.3, 0.4) is 0 Å². The van der Waals surface area contributed by atoms with Crippen molar-refractivity contribution in [1.29, 1.82) is 0 Å². The van der Waals surface area contributed by atoms with Crippen molar-refractivity contribution in [2.24, 2.45) is 0 Å². The third-order valence-corrected chi connectivity index (χ3v) is 5.59. The molecule has 0 aliphatic heterocycles. The fourth-order valence-corrected chi connectivity index (χ4v) is 3.70. The molecule has 0 aliphatic carbocycles. The van der Waals surface area contributed by atoms with Crippen LogP contribution < -0.4 is 10.6 Å². The summed E-state index contributed by atoms with van der Waals surface area (Å²) in [5.41, 5.74) is 1.55. The van der Waals surface area contributed by atoms with Crippen molar-refractivity contribution in [3.05, 3.63) is 64.5 Å². The predicted octanol–water partition coefficient (Wildman–Crippen LogP) is 3.65. The molecule has 2 N–H and O–H groups in total. The molecule has 3 aromatic rings. The van der Waals surface area contributed by atoms with Gasteiger partial charge in [0, 0.05) is 35.5 Å². The normalized spacial score (nSPS) is 11.4. The Morgan fingerprint density at radius 2 is 1.67 bits per heavy atom. The van der Waals surface area contributed by atoms with Crippen molar-refractivity contribution in [3.63, 3.8) is 0 Å². The molecule has 0 unspecified atom stereocenters. The smallest absolute Gasteiger partial charge is 0.328 e. The summed E-state index contributed by atoms with van der Waals surface area (Å²) >= 11 is 3.38. The number of carbonyl (C=O) groups is 4. The van der Waals surface area contributed by atoms with Gasteiger partial charge in [0.1, 0.15) is 11.7 Å². The van der Waals surface area contributed by atoms with E-state index in [0.717, 1.165) is 5.39 Å². The monoisotopic (exact) mass is 556 g/mol. The van der Waals surface area contributed by atoms with Crippen LogP contribution in [0.25, 0.3) is 10.9 Å². The van der Waals surface area contributed by atoms with E-state index in [9.17, 15) is 19.2 Å². The Morgan fingerprint density at radius 3 is 2.36 bits per heavy atom. The first kappa shape index (κ1) is 26.7. The van der Waals surface area contributed by atoms with Crippen molar-refractivity contribution in [1.82, 2.24) is 15.3 Å². The van der Waals surface area contributed by atoms with E-state index in [-0.39, 0.29) is 37.3 Å². The Bertz CT molecular complexity index is 1270. The first-order valence-corrected chi connectivity index (χ1v) is 12.1. The van der Waals surface area contributed by atoms with Crippen molar-refractivity contribution in [3.8, 4) is 0 Å². The second-order valence-corrected chi connectivity index (χ2v) is 8.40. The van der Waals surface area contributed by atoms with Gasteiger partial charge >= 0.3 is 11.9 Å². The van der Waals surface area contributed by atoms with Crippen molar-refractivity contribution < 1.29 is 28.7 Å². The molecule has 2 heterocycles. The third kappa shape index (κ3) is 7.08. The van der Waals surface area contributed by atoms with E-state index in [2.05, 4.69) is 36.5 Å². The summed E-state index contributed by atoms with van der Waals surface area (Å²) in [6, 6.07) is 8.49. The van der Waals surface area contributed by atoms with Crippen LogP contribution in [0.2, 0.25) is 0 Å². The topological polar surface area (TPSA) is 137 Å². The number of anilines is 1. The minimum Gasteiger partial charge on any atom is -0.466 e. The Labute approximate surface area is 215 Å². The van der Waals surface area contributed by atoms with Crippen LogP contribution in [0.5, 0.6) is 0 Å². The number of benzene rings is 1. The molecule has 1 aromatic carbocycles. The first-order valence-electron chi connectivity index (χ1n) is 11.3. The van der Waals surface area contributed by atoms with Gasteiger partial charge in [-0.1, -0.05) is 0 Å². The lowest BCUT2D eigenvalue weighted by molar-refractivity contribution is -0.146. The molecule has 11 heteroatoms. The summed E-state index contributed by atoms with van der Waals surface area (Å²) in [5, 5.41) is 6.13. The van der Waals surface area contributed by atoms with Crippen LogP contribution in [0.1, 0.15) is 47.5 Å². The molecule has 1 atom stereocenters. The quantitative estimate of drug-likeness (QED) is 0.361. The fourth-order valence-electron chi connectivity index (χ4n) is 3.26. The van der Waals surface area contributed by atoms with Crippen molar-refractivity contribution in [2.45, 2.75) is 32.7 Å². The van der Waals surface area contributed by atoms with Crippen LogP contribution in [-0.4, -0.2) is 53.0 Å². The Balaban J connectivity index is 1.65. The number of nitrogens with one attached hydrogen (secondary N) is 2. The molecular weight excluding hydrogens is 532 g/mol. The minimum absolute atomic E-state index is 0.0432. The second-order valence-electron chi connectivity index (χ2n) is 7.54. The number of hydrogen-bond donors (Lipinski definition) is 2. The van der Waals surface area contributed by atoms with Crippen LogP contribution >= 0.6 is 15.9 Å². The molecule has 36 heavy (non-hydrogen) atoms. The summed E-state index contributed by atoms with van der Waals surface area (Å²) in [7, 11) is 0. The molecular formula is C25H25BrN4O6. The van der Waals surface area contributed by atoms with Gasteiger partial charge in [-0.2, -0.15) is 0 Å². The molecule has 2 amide bonds. The second kappa shape index (κ2) is 12.7. The number of esters is 2. The van der Waals surface area contributed by atoms with Gasteiger partial charge in [0.15, 0.2) is 0 Å². The molecule has 0 saturated heterocycles. The van der Waals surface area contributed by atoms with Crippen LogP contribution in [0.15, 0.2) is 53.3 Å². The zero-order valence-corrected chi connectivity index (χ0v) is 21.3. The third-order valence-electron chi connectivity index (χ3n) is 5.01. The largest absolute Gasteiger partial charge is 0.466 e. The van der Waals surface area contributed by atoms with E-state index in [1.807, 2.05) is 0 Å². The standard InChI is InChI=1S/C25H25BrN4O6/c1-3-35-21(31)12-11-20(25(34)36-4-2)30-23(32)15-5-8-17(9-6-15)28-24(33)19-10-7-16-13-27-14-18(26)22(16)29-19/h5-10,13-14,20H,3-4,11-12H2,1-2H3,(H,28,33)(H,30,32)/t20-/m0/s1. The van der Waals surface area contributed by atoms with Gasteiger partial charge in [0.05, 0.1) is 23.2 Å². The Hall–Kier alpha value is -3.86. The van der Waals surface area contributed by atoms with Gasteiger partial charge in [0.25, 0.3) is 11.8 Å². The molecule has 0 radical (unpaired) electrons. The molecule has 0 saturated carbocycles. The lowest BCUT2D eigenvalue weighted by Crippen LogP contribution is -2.42. The molecule has 10 nitrogen and oxygen atoms in total. The summed E-state index contributed by atoms with van der Waals surface area (Å²) in [6.07, 6.45) is 3.26. The maximum atomic E-state index is 12.7. The molecule has 2 aromatic heterocycles. The number of carbonyl (C=O) groups excluding carboxylic acids is 4. The van der Waals surface area contributed by atoms with Gasteiger partial charge in [0.2, 0.25) is 0 Å². The Morgan fingerprint density at radius 1 is 0.944 bits per heavy atom. The summed E-state index contributed by atoms with van der Waals surface area (Å²) in [5.74, 6) is -2.04. The predicted molar refractivity (Wildman–Crippen MR) is 135 cm³/mol. The molecule has 3 rings (SSSR count). The number of aromatic nitrogens is 2. The summed E-state index contributed by atoms with van der Waals surface area (Å²) in [4.78, 5) is 57.7. The van der Waals surface area contributed by atoms with Crippen LogP contribution in [0.4, 0.5) is 5.69 Å². The number of ether oxygens (including phenoxy) is 2. The SMILES string of the molecule is CCOC(=O)CC[C@H](NC(=O)c1ccc(NC(=O)c2ccc3cncc(Br)c3n2)cc1)C(=O)OCC. The van der Waals surface area contributed by atoms with Crippen molar-refractivity contribution in [2.75, 3.05) is 18.5 Å². The van der Waals surface area contributed by atoms with E-state index < -0.39 is 29.8 Å². The number of amides is 2. The minimum atomic E-state index is -1.00. The molecule has 188 valence electrons. The molecule has 0 fully saturated rings. The Kier molecular flexibility index (Phi) is 9.46. The van der Waals surface area contributed by atoms with Gasteiger partial charge in [-0.3, -0.25) is 19.4 Å². The maximum Gasteiger partial charge on any atom is 0.328 e. The van der Waals surface area contributed by atoms with E-state index in [4.69, 9.17) is 9.47 Å². The lowest BCUT2D eigenvalue weighted by Gasteiger charge is -2.17. The highest BCUT2D eigenvalue weighted by atomic mass is 79.9. The van der Waals surface area contributed by atoms with Gasteiger partial charge in [-0.25, -0.2) is 9.78 Å². The van der Waals surface area contributed by atoms with Crippen LogP contribution in [-0.2, 0) is 19.1 Å². The van der Waals surface area contributed by atoms with Crippen LogP contribution in [0, 0.1) is 0 Å². The number of hydrogen-bond acceptors (Lipinski definition) is 8. The zero-order chi connectivity index (χ0) is 26.1. The first-order chi connectivity index (χ1) is 17.3. The van der Waals surface area contributed by atoms with Gasteiger partial charge in [-0.05, 0) is 72.6 Å². The molecule has 0 spiro atoms. The zero-order valence-electron chi connectivity index (χ0n) is 19.7. The highest BCUT2D eigenvalue weighted by molar-refractivity contribution is 9.10. The molecule has 0 aliphatic rings. The summed E-state index contributed by atoms with van der Waals surface area (Å²) in [6.45, 7) is 3.70. The lowest BCUT2D eigenvalue weighted by atomic mass is 10.1. The highest BCUT2D eigenvalue weighted by Crippen LogP contribution is 2.21. The highest BCUT2D eigenvalue weighted by Gasteiger charge is 2.24. The number of rotatable bonds is 10. The average molecular weight is 557 g/mol. The van der Waals surface area contributed by atoms with Gasteiger partial charge < -0.3 is 20.1 Å². The van der Waals surface area contributed by atoms with E-state index >= 15 is 0 Å². The van der Waals surface area contributed by atoms with E-state index in [1.165, 1.54) is 12.1 Å². The number of halogens is 1. The number of pyridine rings is 2. The summed E-state index contributed by atoms with van der Waals surface area (Å²) < 4.78 is 10.6. The maximum absolute atomic E-state index is 12.7. The van der Waals surface area contributed by atoms with Crippen molar-refractivity contribution >= 4 is 56.3 Å².